The minimum atomic E-state index is 0.191. The van der Waals surface area contributed by atoms with Crippen molar-refractivity contribution in [2.24, 2.45) is 23.7 Å². The number of fused-ring (bicyclic) bond motifs is 1. The number of piperazine rings is 1. The molecule has 1 saturated heterocycles. The minimum Gasteiger partial charge on any atom is -0.425 e. The van der Waals surface area contributed by atoms with Gasteiger partial charge in [-0.2, -0.15) is 0 Å². The smallest absolute Gasteiger partial charge is 0.221 e. The molecule has 1 amide bonds. The van der Waals surface area contributed by atoms with Gasteiger partial charge in [-0.25, -0.2) is 0 Å². The van der Waals surface area contributed by atoms with Crippen molar-refractivity contribution in [2.45, 2.75) is 47.0 Å². The number of H-pyrrole nitrogens is 1. The molecule has 1 aromatic carbocycles. The summed E-state index contributed by atoms with van der Waals surface area (Å²) in [5.41, 5.74) is 3.75. The van der Waals surface area contributed by atoms with Gasteiger partial charge in [0.25, 0.3) is 0 Å². The Morgan fingerprint density at radius 3 is 2.64 bits per heavy atom. The third-order valence-electron chi connectivity index (χ3n) is 8.32. The van der Waals surface area contributed by atoms with Crippen molar-refractivity contribution in [1.82, 2.24) is 25.0 Å². The van der Waals surface area contributed by atoms with E-state index in [2.05, 4.69) is 65.1 Å². The molecule has 0 spiro atoms. The molecule has 5 rings (SSSR count). The van der Waals surface area contributed by atoms with E-state index in [1.807, 2.05) is 17.2 Å². The van der Waals surface area contributed by atoms with Gasteiger partial charge in [-0.1, -0.05) is 43.7 Å². The fourth-order valence-electron chi connectivity index (χ4n) is 6.12. The van der Waals surface area contributed by atoms with Crippen LogP contribution in [-0.2, 0) is 17.6 Å². The van der Waals surface area contributed by atoms with Crippen molar-refractivity contribution in [1.29, 1.82) is 0 Å². The van der Waals surface area contributed by atoms with E-state index in [1.165, 1.54) is 16.5 Å². The summed E-state index contributed by atoms with van der Waals surface area (Å²) in [6.07, 6.45) is 7.15. The quantitative estimate of drug-likeness (QED) is 0.487. The lowest BCUT2D eigenvalue weighted by Gasteiger charge is -2.41. The molecule has 0 saturated carbocycles. The predicted octanol–water partition coefficient (Wildman–Crippen LogP) is 4.70. The molecule has 1 aliphatic heterocycles. The van der Waals surface area contributed by atoms with Gasteiger partial charge < -0.3 is 14.3 Å². The topological polar surface area (TPSA) is 78.3 Å². The van der Waals surface area contributed by atoms with Crippen LogP contribution in [0.3, 0.4) is 0 Å². The lowest BCUT2D eigenvalue weighted by molar-refractivity contribution is -0.130. The van der Waals surface area contributed by atoms with E-state index in [1.54, 1.807) is 6.92 Å². The molecule has 7 nitrogen and oxygen atoms in total. The molecule has 7 heteroatoms. The Bertz CT molecular complexity index is 1220. The van der Waals surface area contributed by atoms with E-state index < -0.39 is 0 Å². The number of amides is 1. The Kier molecular flexibility index (Phi) is 7.28. The van der Waals surface area contributed by atoms with Crippen molar-refractivity contribution < 1.29 is 9.21 Å². The number of hydrogen-bond donors (Lipinski definition) is 1. The van der Waals surface area contributed by atoms with Crippen LogP contribution in [0.15, 0.2) is 46.5 Å². The van der Waals surface area contributed by atoms with E-state index in [0.29, 0.717) is 36.0 Å². The van der Waals surface area contributed by atoms with Gasteiger partial charge in [-0.15, -0.1) is 10.2 Å². The zero-order valence-electron chi connectivity index (χ0n) is 22.0. The first-order valence-electron chi connectivity index (χ1n) is 13.4. The van der Waals surface area contributed by atoms with Crippen molar-refractivity contribution in [2.75, 3.05) is 32.7 Å². The van der Waals surface area contributed by atoms with Gasteiger partial charge in [0.1, 0.15) is 0 Å². The highest BCUT2D eigenvalue weighted by Crippen LogP contribution is 2.39. The highest BCUT2D eigenvalue weighted by atomic mass is 16.4. The van der Waals surface area contributed by atoms with E-state index in [-0.39, 0.29) is 5.91 Å². The number of carbonyl (C=O) groups excluding carboxylic acids is 1. The number of aromatic nitrogens is 3. The first-order valence-corrected chi connectivity index (χ1v) is 13.4. The summed E-state index contributed by atoms with van der Waals surface area (Å²) in [5, 5.41) is 9.99. The van der Waals surface area contributed by atoms with Gasteiger partial charge in [-0.05, 0) is 48.6 Å². The molecule has 3 heterocycles. The van der Waals surface area contributed by atoms with Gasteiger partial charge in [0.2, 0.25) is 17.7 Å². The van der Waals surface area contributed by atoms with Gasteiger partial charge in [-0.3, -0.25) is 9.69 Å². The third-order valence-corrected chi connectivity index (χ3v) is 8.32. The van der Waals surface area contributed by atoms with Gasteiger partial charge in [0, 0.05) is 63.2 Å². The highest BCUT2D eigenvalue weighted by Gasteiger charge is 2.34. The Balaban J connectivity index is 1.23. The second kappa shape index (κ2) is 10.6. The summed E-state index contributed by atoms with van der Waals surface area (Å²) in [6, 6.07) is 8.31. The Hall–Kier alpha value is -2.93. The zero-order chi connectivity index (χ0) is 25.2. The van der Waals surface area contributed by atoms with Crippen LogP contribution >= 0.6 is 0 Å². The number of aromatic amines is 1. The minimum absolute atomic E-state index is 0.191. The molecule has 3 unspecified atom stereocenters. The van der Waals surface area contributed by atoms with Crippen LogP contribution in [0.5, 0.6) is 0 Å². The summed E-state index contributed by atoms with van der Waals surface area (Å²) >= 11 is 0. The molecule has 3 atom stereocenters. The number of allylic oxidation sites excluding steroid dienone is 1. The Labute approximate surface area is 213 Å². The lowest BCUT2D eigenvalue weighted by Crippen LogP contribution is -2.50. The van der Waals surface area contributed by atoms with Crippen molar-refractivity contribution >= 4 is 16.8 Å². The zero-order valence-corrected chi connectivity index (χ0v) is 22.0. The van der Waals surface area contributed by atoms with Crippen LogP contribution in [0.4, 0.5) is 0 Å². The number of rotatable bonds is 7. The maximum Gasteiger partial charge on any atom is 0.221 e. The number of carbonyl (C=O) groups is 1. The number of hydrogen-bond acceptors (Lipinski definition) is 5. The van der Waals surface area contributed by atoms with Crippen molar-refractivity contribution in [3.8, 4) is 0 Å². The molecular weight excluding hydrogens is 450 g/mol. The van der Waals surface area contributed by atoms with Crippen LogP contribution in [0, 0.1) is 23.7 Å². The molecule has 36 heavy (non-hydrogen) atoms. The van der Waals surface area contributed by atoms with Crippen molar-refractivity contribution in [3.05, 3.63) is 59.5 Å². The van der Waals surface area contributed by atoms with Crippen LogP contribution in [0.25, 0.3) is 10.9 Å². The van der Waals surface area contributed by atoms with E-state index >= 15 is 0 Å². The molecule has 3 aromatic rings. The summed E-state index contributed by atoms with van der Waals surface area (Å²) < 4.78 is 6.13. The molecule has 2 aliphatic rings. The lowest BCUT2D eigenvalue weighted by atomic mass is 9.69. The average Bonchev–Trinajstić information content (AvgIpc) is 3.48. The van der Waals surface area contributed by atoms with E-state index in [9.17, 15) is 4.79 Å². The normalized spacial score (nSPS) is 23.4. The SMILES string of the molecule is CC(=O)N1CCN(CC2C=C(C)C(Cc3nnc(Cc4c[nH]c5ccccc45)o3)CC2C(C)C)CC1. The highest BCUT2D eigenvalue weighted by molar-refractivity contribution is 5.83. The number of para-hydroxylation sites is 1. The maximum atomic E-state index is 11.7. The van der Waals surface area contributed by atoms with Gasteiger partial charge in [0.05, 0.1) is 6.42 Å². The number of nitrogens with zero attached hydrogens (tertiary/aromatic N) is 4. The number of nitrogens with one attached hydrogen (secondary N) is 1. The summed E-state index contributed by atoms with van der Waals surface area (Å²) in [5.74, 6) is 3.82. The molecule has 0 radical (unpaired) electrons. The Morgan fingerprint density at radius 2 is 1.89 bits per heavy atom. The molecule has 192 valence electrons. The van der Waals surface area contributed by atoms with Crippen LogP contribution in [0.1, 0.15) is 51.5 Å². The fraction of sp³-hybridized carbons (Fsp3) is 0.552. The van der Waals surface area contributed by atoms with Crippen molar-refractivity contribution in [3.63, 3.8) is 0 Å². The van der Waals surface area contributed by atoms with E-state index in [0.717, 1.165) is 57.0 Å². The second-order valence-corrected chi connectivity index (χ2v) is 11.1. The fourth-order valence-corrected chi connectivity index (χ4v) is 6.12. The molecule has 0 bridgehead atoms. The molecule has 1 N–H and O–H groups in total. The molecule has 1 fully saturated rings. The summed E-state index contributed by atoms with van der Waals surface area (Å²) in [7, 11) is 0. The van der Waals surface area contributed by atoms with Crippen LogP contribution in [0.2, 0.25) is 0 Å². The molecular formula is C29H39N5O2. The van der Waals surface area contributed by atoms with E-state index in [4.69, 9.17) is 4.42 Å². The standard InChI is InChI=1S/C29H39N5O2/c1-19(2)26-14-22(20(3)13-24(26)18-33-9-11-34(12-10-33)21(4)35)15-28-31-32-29(36-28)16-23-17-30-27-8-6-5-7-25(23)27/h5-8,13,17,19,22,24,26,30H,9-12,14-16,18H2,1-4H3. The second-order valence-electron chi connectivity index (χ2n) is 11.1. The predicted molar refractivity (Wildman–Crippen MR) is 141 cm³/mol. The van der Waals surface area contributed by atoms with Crippen LogP contribution in [-0.4, -0.2) is 63.6 Å². The Morgan fingerprint density at radius 1 is 1.14 bits per heavy atom. The van der Waals surface area contributed by atoms with Gasteiger partial charge >= 0.3 is 0 Å². The average molecular weight is 490 g/mol. The molecule has 2 aromatic heterocycles. The largest absolute Gasteiger partial charge is 0.425 e. The first kappa shape index (κ1) is 24.8. The summed E-state index contributed by atoms with van der Waals surface area (Å²) in [4.78, 5) is 19.5. The van der Waals surface area contributed by atoms with Crippen LogP contribution < -0.4 is 0 Å². The molecule has 1 aliphatic carbocycles. The number of benzene rings is 1. The monoisotopic (exact) mass is 489 g/mol. The van der Waals surface area contributed by atoms with Gasteiger partial charge in [0.15, 0.2) is 0 Å². The summed E-state index contributed by atoms with van der Waals surface area (Å²) in [6.45, 7) is 13.4. The first-order chi connectivity index (χ1) is 17.4. The third kappa shape index (κ3) is 5.41. The maximum absolute atomic E-state index is 11.7.